The van der Waals surface area contributed by atoms with Gasteiger partial charge in [-0.15, -0.1) is 0 Å². The van der Waals surface area contributed by atoms with Gasteiger partial charge in [0.1, 0.15) is 17.2 Å². The number of anilines is 2. The van der Waals surface area contributed by atoms with E-state index in [2.05, 4.69) is 5.32 Å². The molecule has 0 aliphatic rings. The molecule has 30 heavy (non-hydrogen) atoms. The predicted molar refractivity (Wildman–Crippen MR) is 113 cm³/mol. The number of esters is 2. The highest BCUT2D eigenvalue weighted by Gasteiger charge is 2.15. The van der Waals surface area contributed by atoms with Gasteiger partial charge in [0.05, 0.1) is 25.3 Å². The second-order valence-corrected chi connectivity index (χ2v) is 6.50. The van der Waals surface area contributed by atoms with Crippen LogP contribution in [0.25, 0.3) is 16.9 Å². The molecule has 0 aliphatic heterocycles. The largest absolute Gasteiger partial charge is 0.465 e. The number of carbonyl (C=O) groups is 2. The Kier molecular flexibility index (Phi) is 5.17. The Morgan fingerprint density at radius 3 is 2.03 bits per heavy atom. The Balaban J connectivity index is 1.74. The van der Waals surface area contributed by atoms with Crippen LogP contribution in [0.2, 0.25) is 0 Å². The molecule has 2 aromatic heterocycles. The van der Waals surface area contributed by atoms with Crippen LogP contribution in [0.1, 0.15) is 20.7 Å². The third-order valence-corrected chi connectivity index (χ3v) is 4.68. The van der Waals surface area contributed by atoms with E-state index >= 15 is 0 Å². The number of benzene rings is 2. The van der Waals surface area contributed by atoms with Gasteiger partial charge in [-0.05, 0) is 48.5 Å². The normalized spacial score (nSPS) is 10.6. The Labute approximate surface area is 172 Å². The van der Waals surface area contributed by atoms with E-state index < -0.39 is 0 Å². The fourth-order valence-electron chi connectivity index (χ4n) is 3.14. The quantitative estimate of drug-likeness (QED) is 0.502. The fourth-order valence-corrected chi connectivity index (χ4v) is 3.14. The summed E-state index contributed by atoms with van der Waals surface area (Å²) in [4.78, 5) is 28.1. The highest BCUT2D eigenvalue weighted by molar-refractivity contribution is 5.91. The van der Waals surface area contributed by atoms with Crippen LogP contribution in [0.5, 0.6) is 0 Å². The van der Waals surface area contributed by atoms with E-state index in [0.717, 1.165) is 28.4 Å². The van der Waals surface area contributed by atoms with Crippen LogP contribution in [0, 0.1) is 0 Å². The summed E-state index contributed by atoms with van der Waals surface area (Å²) in [5.41, 5.74) is 4.09. The van der Waals surface area contributed by atoms with Gasteiger partial charge in [-0.25, -0.2) is 14.6 Å². The number of nitrogens with zero attached hydrogens (tertiary/aromatic N) is 2. The summed E-state index contributed by atoms with van der Waals surface area (Å²) in [6.07, 6.45) is 1.92. The Bertz CT molecular complexity index is 1210. The highest BCUT2D eigenvalue weighted by Crippen LogP contribution is 2.31. The Morgan fingerprint density at radius 2 is 1.43 bits per heavy atom. The Morgan fingerprint density at radius 1 is 0.833 bits per heavy atom. The standard InChI is InChI=1S/C23H19N3O4/c1-29-22(27)16-8-6-15(7-9-16)20-21(26-14-4-3-5-19(26)25-20)24-18-12-10-17(11-13-18)23(28)30-2/h3-14,24H,1-2H3. The number of hydrogen-bond donors (Lipinski definition) is 1. The van der Waals surface area contributed by atoms with Crippen LogP contribution in [0.3, 0.4) is 0 Å². The van der Waals surface area contributed by atoms with Crippen LogP contribution in [-0.4, -0.2) is 35.5 Å². The van der Waals surface area contributed by atoms with Crippen LogP contribution in [0.4, 0.5) is 11.5 Å². The lowest BCUT2D eigenvalue weighted by atomic mass is 10.1. The molecular weight excluding hydrogens is 382 g/mol. The zero-order chi connectivity index (χ0) is 21.1. The van der Waals surface area contributed by atoms with Gasteiger partial charge in [0.25, 0.3) is 0 Å². The van der Waals surface area contributed by atoms with Crippen molar-refractivity contribution in [2.45, 2.75) is 0 Å². The molecule has 1 N–H and O–H groups in total. The first kappa shape index (κ1) is 19.2. The summed E-state index contributed by atoms with van der Waals surface area (Å²) in [6.45, 7) is 0. The van der Waals surface area contributed by atoms with Crippen molar-refractivity contribution in [3.63, 3.8) is 0 Å². The number of nitrogens with one attached hydrogen (secondary N) is 1. The summed E-state index contributed by atoms with van der Waals surface area (Å²) in [5.74, 6) is -0.00873. The highest BCUT2D eigenvalue weighted by atomic mass is 16.5. The second kappa shape index (κ2) is 8.08. The number of fused-ring (bicyclic) bond motifs is 1. The third kappa shape index (κ3) is 3.60. The van der Waals surface area contributed by atoms with E-state index in [0.29, 0.717) is 11.1 Å². The third-order valence-electron chi connectivity index (χ3n) is 4.68. The molecule has 4 rings (SSSR count). The van der Waals surface area contributed by atoms with Gasteiger partial charge in [0, 0.05) is 17.4 Å². The maximum Gasteiger partial charge on any atom is 0.337 e. The van der Waals surface area contributed by atoms with E-state index in [1.807, 2.05) is 40.9 Å². The number of methoxy groups -OCH3 is 2. The SMILES string of the molecule is COC(=O)c1ccc(Nc2c(-c3ccc(C(=O)OC)cc3)nc3ccccn23)cc1. The van der Waals surface area contributed by atoms with Gasteiger partial charge >= 0.3 is 11.9 Å². The molecule has 0 radical (unpaired) electrons. The lowest BCUT2D eigenvalue weighted by Gasteiger charge is -2.10. The van der Waals surface area contributed by atoms with E-state index in [1.165, 1.54) is 14.2 Å². The average molecular weight is 401 g/mol. The van der Waals surface area contributed by atoms with Crippen molar-refractivity contribution >= 4 is 29.1 Å². The van der Waals surface area contributed by atoms with Gasteiger partial charge in [0.15, 0.2) is 0 Å². The van der Waals surface area contributed by atoms with Crippen LogP contribution < -0.4 is 5.32 Å². The number of imidazole rings is 1. The van der Waals surface area contributed by atoms with Gasteiger partial charge in [0.2, 0.25) is 0 Å². The number of pyridine rings is 1. The zero-order valence-corrected chi connectivity index (χ0v) is 16.5. The molecule has 150 valence electrons. The molecule has 0 fully saturated rings. The molecule has 7 heteroatoms. The van der Waals surface area contributed by atoms with Crippen molar-refractivity contribution in [2.75, 3.05) is 19.5 Å². The van der Waals surface area contributed by atoms with Crippen LogP contribution in [0.15, 0.2) is 72.9 Å². The topological polar surface area (TPSA) is 81.9 Å². The number of hydrogen-bond acceptors (Lipinski definition) is 6. The number of rotatable bonds is 5. The molecule has 4 aromatic rings. The van der Waals surface area contributed by atoms with E-state index in [9.17, 15) is 9.59 Å². The molecule has 2 heterocycles. The predicted octanol–water partition coefficient (Wildman–Crippen LogP) is 4.32. The van der Waals surface area contributed by atoms with Gasteiger partial charge in [-0.2, -0.15) is 0 Å². The molecule has 0 amide bonds. The monoisotopic (exact) mass is 401 g/mol. The number of aromatic nitrogens is 2. The summed E-state index contributed by atoms with van der Waals surface area (Å²) < 4.78 is 11.5. The summed E-state index contributed by atoms with van der Waals surface area (Å²) in [7, 11) is 2.70. The molecule has 0 aliphatic carbocycles. The van der Waals surface area contributed by atoms with Crippen molar-refractivity contribution in [3.05, 3.63) is 84.1 Å². The van der Waals surface area contributed by atoms with E-state index in [4.69, 9.17) is 14.5 Å². The summed E-state index contributed by atoms with van der Waals surface area (Å²) >= 11 is 0. The van der Waals surface area contributed by atoms with Gasteiger partial charge in [-0.3, -0.25) is 4.40 Å². The lowest BCUT2D eigenvalue weighted by Crippen LogP contribution is -2.02. The van der Waals surface area contributed by atoms with Crippen LogP contribution >= 0.6 is 0 Å². The first-order valence-electron chi connectivity index (χ1n) is 9.22. The number of carbonyl (C=O) groups excluding carboxylic acids is 2. The van der Waals surface area contributed by atoms with E-state index in [-0.39, 0.29) is 11.9 Å². The van der Waals surface area contributed by atoms with Crippen molar-refractivity contribution in [2.24, 2.45) is 0 Å². The lowest BCUT2D eigenvalue weighted by molar-refractivity contribution is 0.0592. The van der Waals surface area contributed by atoms with Crippen molar-refractivity contribution in [1.82, 2.24) is 9.38 Å². The van der Waals surface area contributed by atoms with E-state index in [1.54, 1.807) is 36.4 Å². The van der Waals surface area contributed by atoms with Gasteiger partial charge < -0.3 is 14.8 Å². The molecule has 2 aromatic carbocycles. The van der Waals surface area contributed by atoms with Gasteiger partial charge in [-0.1, -0.05) is 18.2 Å². The molecule has 0 unspecified atom stereocenters. The number of ether oxygens (including phenoxy) is 2. The molecule has 0 saturated heterocycles. The average Bonchev–Trinajstić information content (AvgIpc) is 3.17. The van der Waals surface area contributed by atoms with Crippen molar-refractivity contribution in [3.8, 4) is 11.3 Å². The first-order valence-corrected chi connectivity index (χ1v) is 9.22. The minimum absolute atomic E-state index is 0.386. The Hall–Kier alpha value is -4.13. The van der Waals surface area contributed by atoms with Crippen LogP contribution in [-0.2, 0) is 9.47 Å². The first-order chi connectivity index (χ1) is 14.6. The molecule has 7 nitrogen and oxygen atoms in total. The second-order valence-electron chi connectivity index (χ2n) is 6.50. The molecule has 0 saturated carbocycles. The maximum absolute atomic E-state index is 11.7. The molecule has 0 spiro atoms. The molecular formula is C23H19N3O4. The van der Waals surface area contributed by atoms with Crippen molar-refractivity contribution < 1.29 is 19.1 Å². The minimum Gasteiger partial charge on any atom is -0.465 e. The molecule has 0 atom stereocenters. The summed E-state index contributed by atoms with van der Waals surface area (Å²) in [6, 6.07) is 19.8. The fraction of sp³-hybridized carbons (Fsp3) is 0.0870. The van der Waals surface area contributed by atoms with Crippen molar-refractivity contribution in [1.29, 1.82) is 0 Å². The summed E-state index contributed by atoms with van der Waals surface area (Å²) in [5, 5.41) is 3.38. The molecule has 0 bridgehead atoms. The zero-order valence-electron chi connectivity index (χ0n) is 16.5. The minimum atomic E-state index is -0.388. The maximum atomic E-state index is 11.7. The smallest absolute Gasteiger partial charge is 0.337 e.